The molecule has 3 saturated carbocycles. The number of fused-ring (bicyclic) bond motifs is 1. The third-order valence-corrected chi connectivity index (χ3v) is 10.7. The minimum atomic E-state index is -0.874. The molecule has 1 saturated heterocycles. The van der Waals surface area contributed by atoms with Crippen LogP contribution in [-0.2, 0) is 18.9 Å². The molecule has 3 aliphatic carbocycles. The summed E-state index contributed by atoms with van der Waals surface area (Å²) in [6.07, 6.45) is 3.37. The maximum atomic E-state index is 13.9. The van der Waals surface area contributed by atoms with Gasteiger partial charge in [0.15, 0.2) is 5.96 Å². The molecule has 2 aliphatic heterocycles. The van der Waals surface area contributed by atoms with E-state index in [4.69, 9.17) is 14.7 Å². The fraction of sp³-hybridized carbons (Fsp3) is 0.667. The molecule has 4 fully saturated rings. The second kappa shape index (κ2) is 13.3. The predicted octanol–water partition coefficient (Wildman–Crippen LogP) is 2.48. The second-order valence-electron chi connectivity index (χ2n) is 14.5. The van der Waals surface area contributed by atoms with E-state index < -0.39 is 42.4 Å². The molecule has 46 heavy (non-hydrogen) atoms. The van der Waals surface area contributed by atoms with Crippen LogP contribution in [0, 0.1) is 28.6 Å². The van der Waals surface area contributed by atoms with Crippen LogP contribution in [0.4, 0.5) is 0 Å². The van der Waals surface area contributed by atoms with Crippen LogP contribution in [0.15, 0.2) is 24.3 Å². The predicted molar refractivity (Wildman–Crippen MR) is 174 cm³/mol. The van der Waals surface area contributed by atoms with Gasteiger partial charge in [-0.3, -0.25) is 29.5 Å². The Morgan fingerprint density at radius 1 is 1.09 bits per heavy atom. The summed E-state index contributed by atoms with van der Waals surface area (Å²) in [6.45, 7) is 11.3. The largest absolute Gasteiger partial charge is 0.481 e. The van der Waals surface area contributed by atoms with E-state index >= 15 is 0 Å². The number of carbonyl (C=O) groups is 4. The van der Waals surface area contributed by atoms with Gasteiger partial charge >= 0.3 is 7.12 Å². The van der Waals surface area contributed by atoms with E-state index in [1.807, 2.05) is 0 Å². The molecule has 4 amide bonds. The number of carbonyl (C=O) groups excluding carboxylic acids is 4. The van der Waals surface area contributed by atoms with Crippen LogP contribution >= 0.6 is 0 Å². The first-order valence-electron chi connectivity index (χ1n) is 16.6. The van der Waals surface area contributed by atoms with Gasteiger partial charge in [-0.15, -0.1) is 0 Å². The Bertz CT molecular complexity index is 1340. The minimum absolute atomic E-state index is 0.0212. The maximum absolute atomic E-state index is 13.9. The molecule has 1 aromatic carbocycles. The van der Waals surface area contributed by atoms with E-state index in [0.29, 0.717) is 48.8 Å². The van der Waals surface area contributed by atoms with Gasteiger partial charge < -0.3 is 30.6 Å². The average molecular weight is 637 g/mol. The number of guanidine groups is 1. The van der Waals surface area contributed by atoms with Crippen molar-refractivity contribution in [2.24, 2.45) is 23.2 Å². The molecule has 12 nitrogen and oxygen atoms in total. The number of nitrogens with zero attached hydrogens (tertiary/aromatic N) is 1. The SMILES string of the molecule is CNC(=N)NCCC[C@H](NC(=O)CCN1C(=O)c2ccccc2C1=O)C(=O)N[C@@H](CC(C)C)B1O[C@@H]2C[C@@H]3C[C@@H](C3(C)C)[C@]2(C)O1. The number of amides is 4. The summed E-state index contributed by atoms with van der Waals surface area (Å²) in [5.74, 6) is -0.646. The highest BCUT2D eigenvalue weighted by Gasteiger charge is 2.68. The van der Waals surface area contributed by atoms with Crippen molar-refractivity contribution >= 4 is 36.7 Å². The highest BCUT2D eigenvalue weighted by Crippen LogP contribution is 2.65. The van der Waals surface area contributed by atoms with Crippen molar-refractivity contribution in [1.29, 1.82) is 5.41 Å². The lowest BCUT2D eigenvalue weighted by molar-refractivity contribution is -0.199. The molecule has 0 aromatic heterocycles. The van der Waals surface area contributed by atoms with Gasteiger partial charge in [0.2, 0.25) is 11.8 Å². The van der Waals surface area contributed by atoms with Gasteiger partial charge in [-0.25, -0.2) is 0 Å². The minimum Gasteiger partial charge on any atom is -0.404 e. The van der Waals surface area contributed by atoms with Gasteiger partial charge in [0.05, 0.1) is 28.8 Å². The van der Waals surface area contributed by atoms with E-state index in [1.165, 1.54) is 0 Å². The molecule has 0 spiro atoms. The molecule has 5 aliphatic rings. The molecular formula is C33H49BN6O6. The van der Waals surface area contributed by atoms with Crippen LogP contribution < -0.4 is 21.3 Å². The highest BCUT2D eigenvalue weighted by atomic mass is 16.7. The van der Waals surface area contributed by atoms with Gasteiger partial charge in [0.1, 0.15) is 6.04 Å². The van der Waals surface area contributed by atoms with Crippen molar-refractivity contribution in [3.63, 3.8) is 0 Å². The van der Waals surface area contributed by atoms with Crippen molar-refractivity contribution in [2.75, 3.05) is 20.1 Å². The third-order valence-electron chi connectivity index (χ3n) is 10.7. The van der Waals surface area contributed by atoms with E-state index in [2.05, 4.69) is 55.9 Å². The Balaban J connectivity index is 1.24. The van der Waals surface area contributed by atoms with Crippen LogP contribution in [-0.4, -0.2) is 85.4 Å². The number of imide groups is 1. The van der Waals surface area contributed by atoms with Crippen molar-refractivity contribution in [3.05, 3.63) is 35.4 Å². The quantitative estimate of drug-likeness (QED) is 0.0726. The molecular weight excluding hydrogens is 587 g/mol. The van der Waals surface area contributed by atoms with Crippen molar-refractivity contribution in [2.45, 2.75) is 96.8 Å². The van der Waals surface area contributed by atoms with Crippen LogP contribution in [0.25, 0.3) is 0 Å². The van der Waals surface area contributed by atoms with E-state index in [9.17, 15) is 19.2 Å². The van der Waals surface area contributed by atoms with Gasteiger partial charge in [-0.05, 0) is 74.3 Å². The molecule has 13 heteroatoms. The lowest BCUT2D eigenvalue weighted by Crippen LogP contribution is -2.65. The van der Waals surface area contributed by atoms with Gasteiger partial charge in [0, 0.05) is 26.6 Å². The van der Waals surface area contributed by atoms with Crippen LogP contribution in [0.5, 0.6) is 0 Å². The first-order chi connectivity index (χ1) is 21.8. The monoisotopic (exact) mass is 636 g/mol. The molecule has 2 bridgehead atoms. The Hall–Kier alpha value is -3.45. The Kier molecular flexibility index (Phi) is 9.84. The topological polar surface area (TPSA) is 162 Å². The number of nitrogens with one attached hydrogen (secondary N) is 5. The fourth-order valence-electron chi connectivity index (χ4n) is 7.90. The summed E-state index contributed by atoms with van der Waals surface area (Å²) in [5, 5.41) is 19.4. The van der Waals surface area contributed by atoms with Gasteiger partial charge in [0.25, 0.3) is 11.8 Å². The second-order valence-corrected chi connectivity index (χ2v) is 14.5. The lowest BCUT2D eigenvalue weighted by Gasteiger charge is -2.64. The fourth-order valence-corrected chi connectivity index (χ4v) is 7.90. The smallest absolute Gasteiger partial charge is 0.404 e. The molecule has 6 atom stereocenters. The normalized spacial score (nSPS) is 27.0. The molecule has 6 rings (SSSR count). The standard InChI is InChI=1S/C33H49BN6O6/c1-19(2)16-26(34-45-25-18-20-17-24(32(20,3)4)33(25,5)46-34)39-28(42)23(12-9-14-37-31(35)36-6)38-27(41)13-15-40-29(43)21-10-7-8-11-22(21)30(40)44/h7-8,10-11,19-20,23-26H,9,12-18H2,1-6H3,(H,38,41)(H,39,42)(H3,35,36,37)/t20-,23-,24-,25+,26-,33-/m0/s1. The average Bonchev–Trinajstić information content (AvgIpc) is 3.49. The van der Waals surface area contributed by atoms with Crippen LogP contribution in [0.1, 0.15) is 93.9 Å². The summed E-state index contributed by atoms with van der Waals surface area (Å²) < 4.78 is 13.2. The molecule has 0 radical (unpaired) electrons. The zero-order valence-electron chi connectivity index (χ0n) is 27.9. The first kappa shape index (κ1) is 33.9. The third kappa shape index (κ3) is 6.53. The first-order valence-corrected chi connectivity index (χ1v) is 16.6. The van der Waals surface area contributed by atoms with E-state index in [1.54, 1.807) is 31.3 Å². The van der Waals surface area contributed by atoms with Gasteiger partial charge in [-0.1, -0.05) is 39.8 Å². The van der Waals surface area contributed by atoms with Crippen molar-refractivity contribution in [3.8, 4) is 0 Å². The number of benzene rings is 1. The highest BCUT2D eigenvalue weighted by molar-refractivity contribution is 6.48. The number of hydrogen-bond donors (Lipinski definition) is 5. The maximum Gasteiger partial charge on any atom is 0.481 e. The Morgan fingerprint density at radius 2 is 1.76 bits per heavy atom. The summed E-state index contributed by atoms with van der Waals surface area (Å²) in [6, 6.07) is 5.72. The zero-order chi connectivity index (χ0) is 33.4. The molecule has 5 N–H and O–H groups in total. The molecule has 250 valence electrons. The summed E-state index contributed by atoms with van der Waals surface area (Å²) >= 11 is 0. The summed E-state index contributed by atoms with van der Waals surface area (Å²) in [7, 11) is 1.04. The van der Waals surface area contributed by atoms with Crippen molar-refractivity contribution in [1.82, 2.24) is 26.2 Å². The Morgan fingerprint density at radius 3 is 2.37 bits per heavy atom. The van der Waals surface area contributed by atoms with Crippen LogP contribution in [0.3, 0.4) is 0 Å². The number of rotatable bonds is 13. The zero-order valence-corrected chi connectivity index (χ0v) is 27.9. The Labute approximate surface area is 272 Å². The van der Waals surface area contributed by atoms with E-state index in [0.717, 1.165) is 17.7 Å². The molecule has 2 heterocycles. The van der Waals surface area contributed by atoms with Gasteiger partial charge in [-0.2, -0.15) is 0 Å². The summed E-state index contributed by atoms with van der Waals surface area (Å²) in [5.41, 5.74) is 0.434. The molecule has 0 unspecified atom stereocenters. The number of hydrogen-bond acceptors (Lipinski definition) is 7. The molecule has 1 aromatic rings. The summed E-state index contributed by atoms with van der Waals surface area (Å²) in [4.78, 5) is 53.7. The lowest BCUT2D eigenvalue weighted by atomic mass is 9.43. The van der Waals surface area contributed by atoms with E-state index in [-0.39, 0.29) is 42.3 Å². The van der Waals surface area contributed by atoms with Crippen molar-refractivity contribution < 1.29 is 28.5 Å². The van der Waals surface area contributed by atoms with Crippen LogP contribution in [0.2, 0.25) is 0 Å².